The average Bonchev–Trinajstić information content (AvgIpc) is 3.69. The first-order valence-corrected chi connectivity index (χ1v) is 17.6. The van der Waals surface area contributed by atoms with E-state index in [0.717, 1.165) is 63.5 Å². The van der Waals surface area contributed by atoms with Crippen molar-refractivity contribution in [2.75, 3.05) is 5.73 Å². The number of anilines is 1. The lowest BCUT2D eigenvalue weighted by Crippen LogP contribution is -1.94. The molecule has 8 bridgehead atoms. The first kappa shape index (κ1) is 32.6. The Labute approximate surface area is 280 Å². The second kappa shape index (κ2) is 13.4. The predicted molar refractivity (Wildman–Crippen MR) is 203 cm³/mol. The molecule has 0 fully saturated rings. The molecule has 1 aromatic carbocycles. The van der Waals surface area contributed by atoms with Crippen molar-refractivity contribution >= 4 is 50.0 Å². The van der Waals surface area contributed by atoms with Crippen LogP contribution >= 0.6 is 0 Å². The van der Waals surface area contributed by atoms with Gasteiger partial charge < -0.3 is 15.7 Å². The number of allylic oxidation sites excluding steroid dienone is 4. The number of nitrogens with one attached hydrogen (secondary N) is 2. The number of hydrogen-bond donors (Lipinski definition) is 3. The number of fused-ring (bicyclic) bond motifs is 8. The summed E-state index contributed by atoms with van der Waals surface area (Å²) in [5.41, 5.74) is 27.9. The molecule has 0 spiro atoms. The van der Waals surface area contributed by atoms with E-state index in [1.807, 2.05) is 12.1 Å². The Morgan fingerprint density at radius 1 is 0.574 bits per heavy atom. The van der Waals surface area contributed by atoms with E-state index < -0.39 is 0 Å². The van der Waals surface area contributed by atoms with Gasteiger partial charge >= 0.3 is 0 Å². The number of nitrogen functional groups attached to an aromatic ring is 1. The number of aromatic nitrogens is 4. The maximum Gasteiger partial charge on any atom is 0.0769 e. The number of aryl methyl sites for hydroxylation is 4. The molecule has 5 heterocycles. The first-order chi connectivity index (χ1) is 22.6. The largest absolute Gasteiger partial charge is 0.399 e. The van der Waals surface area contributed by atoms with Crippen molar-refractivity contribution in [1.29, 1.82) is 0 Å². The third-order valence-corrected chi connectivity index (χ3v) is 10.5. The third-order valence-electron chi connectivity index (χ3n) is 10.5. The Morgan fingerprint density at radius 2 is 1.06 bits per heavy atom. The van der Waals surface area contributed by atoms with Crippen LogP contribution in [0.25, 0.3) is 55.5 Å². The second-order valence-electron chi connectivity index (χ2n) is 13.7. The number of benzene rings is 1. The number of rotatable bonds is 9. The molecule has 0 saturated carbocycles. The number of aromatic amines is 2. The highest BCUT2D eigenvalue weighted by Gasteiger charge is 2.25. The molecule has 0 saturated heterocycles. The van der Waals surface area contributed by atoms with Gasteiger partial charge in [-0.15, -0.1) is 0 Å². The summed E-state index contributed by atoms with van der Waals surface area (Å²) in [4.78, 5) is 18.5. The van der Waals surface area contributed by atoms with E-state index in [4.69, 9.17) is 15.7 Å². The highest BCUT2D eigenvalue weighted by atomic mass is 14.8. The molecule has 5 heteroatoms. The average molecular weight is 626 g/mol. The van der Waals surface area contributed by atoms with E-state index in [1.165, 1.54) is 94.1 Å². The Morgan fingerprint density at radius 3 is 1.51 bits per heavy atom. The van der Waals surface area contributed by atoms with Crippen LogP contribution in [0.1, 0.15) is 125 Å². The van der Waals surface area contributed by atoms with Crippen molar-refractivity contribution in [1.82, 2.24) is 19.9 Å². The van der Waals surface area contributed by atoms with Crippen molar-refractivity contribution in [3.63, 3.8) is 0 Å². The van der Waals surface area contributed by atoms with Gasteiger partial charge in [0.1, 0.15) is 0 Å². The predicted octanol–water partition coefficient (Wildman–Crippen LogP) is 11.5. The summed E-state index contributed by atoms with van der Waals surface area (Å²) in [6, 6.07) is 15.0. The highest BCUT2D eigenvalue weighted by Crippen LogP contribution is 2.42. The summed E-state index contributed by atoms with van der Waals surface area (Å²) >= 11 is 0. The number of unbranched alkanes of at least 4 members (excludes halogenated alkanes) is 4. The van der Waals surface area contributed by atoms with Crippen molar-refractivity contribution in [3.05, 3.63) is 87.5 Å². The smallest absolute Gasteiger partial charge is 0.0769 e. The van der Waals surface area contributed by atoms with Crippen LogP contribution in [-0.4, -0.2) is 19.9 Å². The van der Waals surface area contributed by atoms with Gasteiger partial charge in [-0.1, -0.05) is 51.7 Å². The van der Waals surface area contributed by atoms with Crippen LogP contribution in [0.2, 0.25) is 0 Å². The van der Waals surface area contributed by atoms with Gasteiger partial charge in [-0.3, -0.25) is 0 Å². The van der Waals surface area contributed by atoms with E-state index in [-0.39, 0.29) is 0 Å². The van der Waals surface area contributed by atoms with Crippen LogP contribution < -0.4 is 5.73 Å². The summed E-state index contributed by atoms with van der Waals surface area (Å²) in [5.74, 6) is 0. The Kier molecular flexibility index (Phi) is 9.27. The lowest BCUT2D eigenvalue weighted by atomic mass is 9.94. The number of hydrogen-bond acceptors (Lipinski definition) is 3. The van der Waals surface area contributed by atoms with Gasteiger partial charge in [0, 0.05) is 33.3 Å². The zero-order valence-corrected chi connectivity index (χ0v) is 29.7. The fourth-order valence-corrected chi connectivity index (χ4v) is 7.22. The molecule has 0 unspecified atom stereocenters. The Hall–Kier alpha value is -4.38. The molecule has 244 valence electrons. The molecule has 2 aliphatic rings. The first-order valence-electron chi connectivity index (χ1n) is 17.6. The Bertz CT molecular complexity index is 1960. The number of H-pyrrole nitrogens is 2. The van der Waals surface area contributed by atoms with E-state index in [2.05, 4.69) is 95.7 Å². The van der Waals surface area contributed by atoms with Gasteiger partial charge in [0.05, 0.1) is 22.8 Å². The van der Waals surface area contributed by atoms with E-state index in [9.17, 15) is 0 Å². The van der Waals surface area contributed by atoms with Crippen LogP contribution in [0.4, 0.5) is 5.69 Å². The molecule has 0 amide bonds. The summed E-state index contributed by atoms with van der Waals surface area (Å²) in [7, 11) is 0. The van der Waals surface area contributed by atoms with Crippen LogP contribution in [0.5, 0.6) is 0 Å². The monoisotopic (exact) mass is 625 g/mol. The fraction of sp³-hybridized carbons (Fsp3) is 0.381. The normalized spacial score (nSPS) is 13.3. The maximum atomic E-state index is 6.37. The van der Waals surface area contributed by atoms with E-state index in [0.29, 0.717) is 0 Å². The van der Waals surface area contributed by atoms with Gasteiger partial charge in [0.15, 0.2) is 0 Å². The summed E-state index contributed by atoms with van der Waals surface area (Å²) < 4.78 is 0. The van der Waals surface area contributed by atoms with Crippen molar-refractivity contribution in [3.8, 4) is 11.1 Å². The second-order valence-corrected chi connectivity index (χ2v) is 13.7. The molecule has 0 radical (unpaired) electrons. The van der Waals surface area contributed by atoms with Crippen molar-refractivity contribution in [2.45, 2.75) is 107 Å². The number of nitrogens with zero attached hydrogens (tertiary/aromatic N) is 2. The van der Waals surface area contributed by atoms with Crippen molar-refractivity contribution in [2.24, 2.45) is 0 Å². The van der Waals surface area contributed by atoms with Crippen LogP contribution in [0, 0.1) is 13.8 Å². The zero-order valence-electron chi connectivity index (χ0n) is 29.7. The minimum Gasteiger partial charge on any atom is -0.399 e. The maximum absolute atomic E-state index is 6.37. The third kappa shape index (κ3) is 6.08. The van der Waals surface area contributed by atoms with Gasteiger partial charge in [0.2, 0.25) is 0 Å². The molecule has 0 aliphatic carbocycles. The highest BCUT2D eigenvalue weighted by molar-refractivity contribution is 6.01. The van der Waals surface area contributed by atoms with Crippen LogP contribution in [0.3, 0.4) is 0 Å². The van der Waals surface area contributed by atoms with Gasteiger partial charge in [-0.25, -0.2) is 9.97 Å². The minimum atomic E-state index is 0.731. The van der Waals surface area contributed by atoms with E-state index in [1.54, 1.807) is 0 Å². The fourth-order valence-electron chi connectivity index (χ4n) is 7.22. The summed E-state index contributed by atoms with van der Waals surface area (Å²) in [5, 5.41) is 0. The van der Waals surface area contributed by atoms with Crippen LogP contribution in [-0.2, 0) is 12.8 Å². The molecule has 3 aromatic heterocycles. The molecule has 2 aliphatic heterocycles. The molecule has 0 atom stereocenters. The lowest BCUT2D eigenvalue weighted by molar-refractivity contribution is 0.718. The molecule has 5 nitrogen and oxygen atoms in total. The van der Waals surface area contributed by atoms with Crippen LogP contribution in [0.15, 0.2) is 42.5 Å². The topological polar surface area (TPSA) is 83.4 Å². The zero-order chi connectivity index (χ0) is 33.4. The lowest BCUT2D eigenvalue weighted by Gasteiger charge is -2.10. The summed E-state index contributed by atoms with van der Waals surface area (Å²) in [6.45, 7) is 17.9. The molecule has 4 N–H and O–H groups in total. The molecule has 47 heavy (non-hydrogen) atoms. The number of nitrogens with two attached hydrogens (primary N) is 1. The standard InChI is InChI=1S/C42H51N5/c1-9-11-13-18-32-28(7)36-21-34-24(3)26(5)41(46-34)40(30-16-15-17-31(43)20-30)42-27(6)25(4)35(47-42)22-37-29(8)33(19-14-12-10-2)39(45-37)23-38(32)44-36/h15-17,20-23,44-45H,9-14,18-19,43H2,1-8H3. The molecular weight excluding hydrogens is 574 g/mol. The van der Waals surface area contributed by atoms with Crippen molar-refractivity contribution < 1.29 is 0 Å². The molecular formula is C42H51N5. The molecule has 4 aromatic rings. The quantitative estimate of drug-likeness (QED) is 0.128. The minimum absolute atomic E-state index is 0.731. The van der Waals surface area contributed by atoms with Gasteiger partial charge in [-0.2, -0.15) is 0 Å². The van der Waals surface area contributed by atoms with Gasteiger partial charge in [-0.05, 0) is 148 Å². The molecule has 6 rings (SSSR count). The Balaban J connectivity index is 1.78. The van der Waals surface area contributed by atoms with Gasteiger partial charge in [0.25, 0.3) is 0 Å². The SMILES string of the molecule is CCCCCc1c(C)c2cc3nc(c(-c4cccc(N)c4)c4nc(cc5[nH]c(cc1[nH]2)c(CCCCC)c5C)C(C)=C4C)C(C)=C3C. The summed E-state index contributed by atoms with van der Waals surface area (Å²) in [6.07, 6.45) is 9.35. The van der Waals surface area contributed by atoms with E-state index >= 15 is 0 Å².